The van der Waals surface area contributed by atoms with E-state index in [2.05, 4.69) is 37.2 Å². The summed E-state index contributed by atoms with van der Waals surface area (Å²) in [6, 6.07) is 14.7. The van der Waals surface area contributed by atoms with E-state index in [0.717, 1.165) is 10.5 Å². The number of nitro groups is 1. The lowest BCUT2D eigenvalue weighted by Crippen LogP contribution is -2.54. The molecule has 1 saturated heterocycles. The second kappa shape index (κ2) is 10.9. The third kappa shape index (κ3) is 5.70. The number of imide groups is 2. The Hall–Kier alpha value is -4.03. The molecule has 1 aliphatic rings. The summed E-state index contributed by atoms with van der Waals surface area (Å²) in [5.41, 5.74) is 1.25. The highest BCUT2D eigenvalue weighted by molar-refractivity contribution is 9.11. The van der Waals surface area contributed by atoms with Crippen molar-refractivity contribution in [2.75, 3.05) is 12.0 Å². The van der Waals surface area contributed by atoms with Crippen LogP contribution in [0.1, 0.15) is 11.1 Å². The smallest absolute Gasteiger partial charge is 0.335 e. The largest absolute Gasteiger partial charge is 0.497 e. The van der Waals surface area contributed by atoms with Crippen LogP contribution in [-0.2, 0) is 16.2 Å². The van der Waals surface area contributed by atoms with Gasteiger partial charge in [-0.2, -0.15) is 0 Å². The molecule has 1 N–H and O–H groups in total. The standard InChI is InChI=1S/C25H17Br2N3O7/c1-36-18-8-6-16(7-9-18)29-24(32)19(23(31)28-25(29)33)10-15-11-20(26)22(21(27)12-15)37-13-14-2-4-17(5-3-14)30(34)35/h2-12H,13H2,1H3,(H,28,31,33)/b19-10+. The molecular formula is C25H17Br2N3O7. The average molecular weight is 631 g/mol. The van der Waals surface area contributed by atoms with Crippen LogP contribution in [0, 0.1) is 10.1 Å². The lowest BCUT2D eigenvalue weighted by molar-refractivity contribution is -0.384. The van der Waals surface area contributed by atoms with Crippen LogP contribution in [0.15, 0.2) is 75.2 Å². The molecule has 10 nitrogen and oxygen atoms in total. The summed E-state index contributed by atoms with van der Waals surface area (Å²) in [7, 11) is 1.50. The van der Waals surface area contributed by atoms with E-state index in [1.807, 2.05) is 0 Å². The second-order valence-corrected chi connectivity index (χ2v) is 9.39. The molecule has 0 aliphatic carbocycles. The van der Waals surface area contributed by atoms with Gasteiger partial charge in [-0.15, -0.1) is 0 Å². The quantitative estimate of drug-likeness (QED) is 0.161. The highest BCUT2D eigenvalue weighted by Crippen LogP contribution is 2.36. The van der Waals surface area contributed by atoms with Gasteiger partial charge >= 0.3 is 6.03 Å². The first-order chi connectivity index (χ1) is 17.7. The number of ether oxygens (including phenoxy) is 2. The molecule has 0 spiro atoms. The second-order valence-electron chi connectivity index (χ2n) is 7.68. The predicted molar refractivity (Wildman–Crippen MR) is 141 cm³/mol. The molecule has 3 aromatic carbocycles. The minimum Gasteiger partial charge on any atom is -0.497 e. The van der Waals surface area contributed by atoms with Gasteiger partial charge in [0.25, 0.3) is 17.5 Å². The van der Waals surface area contributed by atoms with Gasteiger partial charge in [0.1, 0.15) is 23.7 Å². The first-order valence-corrected chi connectivity index (χ1v) is 12.2. The normalized spacial score (nSPS) is 14.5. The molecule has 1 aliphatic heterocycles. The minimum absolute atomic E-state index is 0.0166. The molecule has 0 bridgehead atoms. The van der Waals surface area contributed by atoms with E-state index in [-0.39, 0.29) is 23.6 Å². The number of amides is 4. The Labute approximate surface area is 227 Å². The number of nitrogens with one attached hydrogen (secondary N) is 1. The van der Waals surface area contributed by atoms with Gasteiger partial charge in [0.2, 0.25) is 0 Å². The summed E-state index contributed by atoms with van der Waals surface area (Å²) in [4.78, 5) is 49.2. The number of methoxy groups -OCH3 is 1. The van der Waals surface area contributed by atoms with Crippen molar-refractivity contribution in [2.45, 2.75) is 6.61 Å². The van der Waals surface area contributed by atoms with Crippen LogP contribution in [0.2, 0.25) is 0 Å². The number of halogens is 2. The number of carbonyl (C=O) groups is 3. The number of hydrogen-bond donors (Lipinski definition) is 1. The first kappa shape index (κ1) is 26.0. The molecule has 12 heteroatoms. The lowest BCUT2D eigenvalue weighted by Gasteiger charge is -2.26. The van der Waals surface area contributed by atoms with Crippen molar-refractivity contribution in [1.29, 1.82) is 0 Å². The summed E-state index contributed by atoms with van der Waals surface area (Å²) < 4.78 is 12.0. The Morgan fingerprint density at radius 3 is 2.19 bits per heavy atom. The zero-order chi connectivity index (χ0) is 26.7. The molecule has 1 fully saturated rings. The van der Waals surface area contributed by atoms with Crippen LogP contribution < -0.4 is 19.7 Å². The Bertz CT molecular complexity index is 1410. The van der Waals surface area contributed by atoms with Gasteiger partial charge in [-0.3, -0.25) is 25.0 Å². The monoisotopic (exact) mass is 629 g/mol. The summed E-state index contributed by atoms with van der Waals surface area (Å²) in [5.74, 6) is -0.587. The van der Waals surface area contributed by atoms with E-state index < -0.39 is 22.8 Å². The van der Waals surface area contributed by atoms with E-state index in [4.69, 9.17) is 9.47 Å². The Morgan fingerprint density at radius 2 is 1.62 bits per heavy atom. The van der Waals surface area contributed by atoms with Gasteiger partial charge in [0.05, 0.1) is 26.7 Å². The minimum atomic E-state index is -0.852. The molecule has 0 radical (unpaired) electrons. The predicted octanol–water partition coefficient (Wildman–Crippen LogP) is 5.37. The highest BCUT2D eigenvalue weighted by Gasteiger charge is 2.36. The van der Waals surface area contributed by atoms with Crippen LogP contribution in [0.5, 0.6) is 11.5 Å². The third-order valence-electron chi connectivity index (χ3n) is 5.29. The molecule has 188 valence electrons. The molecule has 37 heavy (non-hydrogen) atoms. The van der Waals surface area contributed by atoms with Crippen LogP contribution in [0.25, 0.3) is 6.08 Å². The highest BCUT2D eigenvalue weighted by atomic mass is 79.9. The topological polar surface area (TPSA) is 128 Å². The van der Waals surface area contributed by atoms with Gasteiger partial charge < -0.3 is 9.47 Å². The van der Waals surface area contributed by atoms with Gasteiger partial charge in [0.15, 0.2) is 0 Å². The summed E-state index contributed by atoms with van der Waals surface area (Å²) >= 11 is 6.87. The van der Waals surface area contributed by atoms with Gasteiger partial charge in [-0.05, 0) is 97.6 Å². The molecule has 0 unspecified atom stereocenters. The fourth-order valence-corrected chi connectivity index (χ4v) is 4.91. The number of anilines is 1. The number of rotatable bonds is 7. The summed E-state index contributed by atoms with van der Waals surface area (Å²) in [5, 5.41) is 13.0. The fourth-order valence-electron chi connectivity index (χ4n) is 3.46. The Morgan fingerprint density at radius 1 is 1.00 bits per heavy atom. The van der Waals surface area contributed by atoms with Crippen LogP contribution in [0.3, 0.4) is 0 Å². The van der Waals surface area contributed by atoms with Crippen molar-refractivity contribution in [3.8, 4) is 11.5 Å². The molecule has 0 aromatic heterocycles. The molecule has 4 rings (SSSR count). The SMILES string of the molecule is COc1ccc(N2C(=O)NC(=O)/C(=C\c3cc(Br)c(OCc4ccc([N+](=O)[O-])cc4)c(Br)c3)C2=O)cc1. The Balaban J connectivity index is 1.56. The van der Waals surface area contributed by atoms with Crippen molar-refractivity contribution < 1.29 is 28.8 Å². The van der Waals surface area contributed by atoms with Crippen LogP contribution in [0.4, 0.5) is 16.2 Å². The number of carbonyl (C=O) groups excluding carboxylic acids is 3. The van der Waals surface area contributed by atoms with Gasteiger partial charge in [0, 0.05) is 12.1 Å². The number of non-ortho nitro benzene ring substituents is 1. The molecule has 0 saturated carbocycles. The maximum atomic E-state index is 13.1. The van der Waals surface area contributed by atoms with Crippen molar-refractivity contribution in [2.24, 2.45) is 0 Å². The number of hydrogen-bond acceptors (Lipinski definition) is 7. The Kier molecular flexibility index (Phi) is 7.69. The van der Waals surface area contributed by atoms with Crippen LogP contribution in [-0.4, -0.2) is 29.9 Å². The molecule has 0 atom stereocenters. The van der Waals surface area contributed by atoms with Crippen molar-refractivity contribution >= 4 is 67.2 Å². The van der Waals surface area contributed by atoms with E-state index in [9.17, 15) is 24.5 Å². The third-order valence-corrected chi connectivity index (χ3v) is 6.47. The molecular weight excluding hydrogens is 614 g/mol. The van der Waals surface area contributed by atoms with Crippen LogP contribution >= 0.6 is 31.9 Å². The zero-order valence-corrected chi connectivity index (χ0v) is 22.2. The number of nitro benzene ring substituents is 1. The van der Waals surface area contributed by atoms with E-state index >= 15 is 0 Å². The van der Waals surface area contributed by atoms with Gasteiger partial charge in [-0.1, -0.05) is 0 Å². The summed E-state index contributed by atoms with van der Waals surface area (Å²) in [6.45, 7) is 0.148. The zero-order valence-electron chi connectivity index (χ0n) is 19.1. The fraction of sp³-hybridized carbons (Fsp3) is 0.0800. The first-order valence-electron chi connectivity index (χ1n) is 10.6. The van der Waals surface area contributed by atoms with E-state index in [1.54, 1.807) is 36.4 Å². The number of nitrogens with zero attached hydrogens (tertiary/aromatic N) is 2. The number of barbiturate groups is 1. The van der Waals surface area contributed by atoms with Crippen molar-refractivity contribution in [1.82, 2.24) is 5.32 Å². The van der Waals surface area contributed by atoms with E-state index in [0.29, 0.717) is 26.0 Å². The van der Waals surface area contributed by atoms with Crippen molar-refractivity contribution in [3.63, 3.8) is 0 Å². The maximum absolute atomic E-state index is 13.1. The molecule has 3 aromatic rings. The molecule has 1 heterocycles. The number of urea groups is 1. The van der Waals surface area contributed by atoms with Gasteiger partial charge in [-0.25, -0.2) is 9.69 Å². The number of benzene rings is 3. The summed E-state index contributed by atoms with van der Waals surface area (Å²) in [6.07, 6.45) is 1.37. The van der Waals surface area contributed by atoms with Crippen molar-refractivity contribution in [3.05, 3.63) is 96.4 Å². The average Bonchev–Trinajstić information content (AvgIpc) is 2.86. The molecule has 4 amide bonds. The van der Waals surface area contributed by atoms with E-state index in [1.165, 1.54) is 37.5 Å². The maximum Gasteiger partial charge on any atom is 0.335 e. The lowest BCUT2D eigenvalue weighted by atomic mass is 10.1.